The Hall–Kier alpha value is -2.73. The maximum Gasteiger partial charge on any atom is 0.416 e. The van der Waals surface area contributed by atoms with Gasteiger partial charge in [-0.25, -0.2) is 13.2 Å². The third-order valence-corrected chi connectivity index (χ3v) is 8.68. The molecule has 0 unspecified atom stereocenters. The minimum absolute atomic E-state index is 0.0827. The Kier molecular flexibility index (Phi) is 10.2. The van der Waals surface area contributed by atoms with Gasteiger partial charge < -0.3 is 15.2 Å². The Morgan fingerprint density at radius 3 is 2.38 bits per heavy atom. The number of likely N-dealkylation sites (N-methyl/N-ethyl adjacent to an activating group) is 1. The number of aliphatic hydroxyl groups excluding tert-OH is 1. The lowest BCUT2D eigenvalue weighted by atomic mass is 9.88. The monoisotopic (exact) mass is 582 g/mol. The minimum Gasteiger partial charge on any atom is -0.463 e. The summed E-state index contributed by atoms with van der Waals surface area (Å²) < 4.78 is 72.5. The van der Waals surface area contributed by atoms with Gasteiger partial charge in [-0.15, -0.1) is 0 Å². The second kappa shape index (κ2) is 12.8. The lowest BCUT2D eigenvalue weighted by molar-refractivity contribution is -0.138. The van der Waals surface area contributed by atoms with Gasteiger partial charge in [0.25, 0.3) is 0 Å². The molecule has 0 aromatic heterocycles. The highest BCUT2D eigenvalue weighted by atomic mass is 32.2. The van der Waals surface area contributed by atoms with Gasteiger partial charge >= 0.3 is 12.1 Å². The van der Waals surface area contributed by atoms with Crippen LogP contribution in [0.15, 0.2) is 53.4 Å². The topological polar surface area (TPSA) is 95.9 Å². The minimum atomic E-state index is -4.81. The van der Waals surface area contributed by atoms with Gasteiger partial charge in [-0.1, -0.05) is 24.3 Å². The summed E-state index contributed by atoms with van der Waals surface area (Å²) in [5.41, 5.74) is 1.07. The van der Waals surface area contributed by atoms with Crippen LogP contribution in [0, 0.1) is 5.92 Å². The zero-order valence-corrected chi connectivity index (χ0v) is 24.0. The van der Waals surface area contributed by atoms with Crippen molar-refractivity contribution >= 4 is 22.1 Å². The largest absolute Gasteiger partial charge is 0.463 e. The summed E-state index contributed by atoms with van der Waals surface area (Å²) in [7, 11) is -3.19. The number of aliphatic hydroxyl groups is 1. The van der Waals surface area contributed by atoms with Gasteiger partial charge in [-0.05, 0) is 86.9 Å². The number of ether oxygens (including phenoxy) is 1. The van der Waals surface area contributed by atoms with Crippen molar-refractivity contribution in [3.05, 3.63) is 70.8 Å². The van der Waals surface area contributed by atoms with Gasteiger partial charge in [-0.3, -0.25) is 0 Å². The molecule has 1 aliphatic rings. The SMILES string of the molecule is CCOC(=O)C=Cc1cc(C(F)(F)F)cc(S(=O)(=O)N(C)C[C@H](O)CNC(C)(C)CC2Cc3ccccc3C2)c1. The van der Waals surface area contributed by atoms with Crippen molar-refractivity contribution in [2.24, 2.45) is 5.92 Å². The molecule has 0 spiro atoms. The molecule has 1 atom stereocenters. The van der Waals surface area contributed by atoms with Gasteiger partial charge in [0, 0.05) is 31.8 Å². The molecule has 0 heterocycles. The second-order valence-corrected chi connectivity index (χ2v) is 12.9. The summed E-state index contributed by atoms with van der Waals surface area (Å²) in [4.78, 5) is 11.0. The van der Waals surface area contributed by atoms with Crippen molar-refractivity contribution in [2.75, 3.05) is 26.7 Å². The van der Waals surface area contributed by atoms with Crippen LogP contribution >= 0.6 is 0 Å². The van der Waals surface area contributed by atoms with Crippen LogP contribution < -0.4 is 5.32 Å². The summed E-state index contributed by atoms with van der Waals surface area (Å²) in [6.07, 6.45) is -1.09. The number of halogens is 3. The van der Waals surface area contributed by atoms with Crippen molar-refractivity contribution in [1.82, 2.24) is 9.62 Å². The molecule has 3 rings (SSSR count). The van der Waals surface area contributed by atoms with Crippen LogP contribution in [-0.2, 0) is 38.6 Å². The van der Waals surface area contributed by atoms with Crippen LogP contribution in [0.1, 0.15) is 49.4 Å². The van der Waals surface area contributed by atoms with Crippen molar-refractivity contribution < 1.29 is 36.2 Å². The molecule has 0 saturated heterocycles. The number of β-amino-alcohol motifs (C(OH)–C–C–N with tert-alkyl or cyclic N) is 1. The Labute approximate surface area is 234 Å². The number of rotatable bonds is 12. The van der Waals surface area contributed by atoms with Crippen LogP contribution in [0.2, 0.25) is 0 Å². The molecule has 2 aromatic carbocycles. The van der Waals surface area contributed by atoms with E-state index in [1.54, 1.807) is 6.92 Å². The van der Waals surface area contributed by atoms with E-state index < -0.39 is 38.7 Å². The standard InChI is InChI=1S/C29H37F3N2O5S/c1-5-39-27(36)11-10-20-14-24(29(30,31)32)16-26(15-20)40(37,38)34(4)19-25(35)18-33-28(2,3)17-21-12-22-8-6-7-9-23(22)13-21/h6-11,14-16,21,25,33,35H,5,12-13,17-19H2,1-4H3/t25-/m1/s1. The van der Waals surface area contributed by atoms with Gasteiger partial charge in [0.05, 0.1) is 23.2 Å². The first-order valence-corrected chi connectivity index (χ1v) is 14.6. The number of carbonyl (C=O) groups is 1. The fourth-order valence-electron chi connectivity index (χ4n) is 5.01. The third kappa shape index (κ3) is 8.63. The average Bonchev–Trinajstić information content (AvgIpc) is 3.27. The van der Waals surface area contributed by atoms with Gasteiger partial charge in [0.2, 0.25) is 10.0 Å². The molecule has 0 saturated carbocycles. The molecule has 1 aliphatic carbocycles. The average molecular weight is 583 g/mol. The number of hydrogen-bond donors (Lipinski definition) is 2. The van der Waals surface area contributed by atoms with E-state index in [9.17, 15) is 31.5 Å². The van der Waals surface area contributed by atoms with Crippen LogP contribution in [0.3, 0.4) is 0 Å². The van der Waals surface area contributed by atoms with Gasteiger partial charge in [0.1, 0.15) is 0 Å². The Balaban J connectivity index is 1.65. The van der Waals surface area contributed by atoms with Crippen LogP contribution in [0.25, 0.3) is 6.08 Å². The van der Waals surface area contributed by atoms with E-state index in [4.69, 9.17) is 4.74 Å². The molecule has 40 heavy (non-hydrogen) atoms. The van der Waals surface area contributed by atoms with E-state index in [2.05, 4.69) is 17.4 Å². The number of nitrogens with zero attached hydrogens (tertiary/aromatic N) is 1. The van der Waals surface area contributed by atoms with Crippen LogP contribution in [-0.4, -0.2) is 62.2 Å². The fourth-order valence-corrected chi connectivity index (χ4v) is 6.30. The summed E-state index contributed by atoms with van der Waals surface area (Å²) >= 11 is 0. The van der Waals surface area contributed by atoms with E-state index >= 15 is 0 Å². The number of nitrogens with one attached hydrogen (secondary N) is 1. The molecule has 7 nitrogen and oxygen atoms in total. The second-order valence-electron chi connectivity index (χ2n) is 10.8. The molecular weight excluding hydrogens is 545 g/mol. The zero-order valence-electron chi connectivity index (χ0n) is 23.2. The smallest absolute Gasteiger partial charge is 0.416 e. The van der Waals surface area contributed by atoms with Gasteiger partial charge in [0.15, 0.2) is 0 Å². The Bertz CT molecular complexity index is 1300. The normalized spacial score (nSPS) is 15.5. The number of hydrogen-bond acceptors (Lipinski definition) is 6. The maximum atomic E-state index is 13.5. The quantitative estimate of drug-likeness (QED) is 0.284. The van der Waals surface area contributed by atoms with Crippen molar-refractivity contribution in [1.29, 1.82) is 0 Å². The Morgan fingerprint density at radius 1 is 1.18 bits per heavy atom. The number of benzene rings is 2. The highest BCUT2D eigenvalue weighted by molar-refractivity contribution is 7.89. The lowest BCUT2D eigenvalue weighted by Gasteiger charge is -2.31. The van der Waals surface area contributed by atoms with Gasteiger partial charge in [-0.2, -0.15) is 17.5 Å². The van der Waals surface area contributed by atoms with E-state index in [1.807, 2.05) is 26.0 Å². The highest BCUT2D eigenvalue weighted by Crippen LogP contribution is 2.33. The fraction of sp³-hybridized carbons (Fsp3) is 0.483. The number of carbonyl (C=O) groups excluding carboxylic acids is 1. The molecule has 2 aromatic rings. The molecule has 0 amide bonds. The van der Waals surface area contributed by atoms with E-state index in [0.29, 0.717) is 12.0 Å². The first-order valence-electron chi connectivity index (χ1n) is 13.1. The van der Waals surface area contributed by atoms with Crippen molar-refractivity contribution in [3.63, 3.8) is 0 Å². The first-order chi connectivity index (χ1) is 18.6. The summed E-state index contributed by atoms with van der Waals surface area (Å²) in [5.74, 6) is -0.314. The summed E-state index contributed by atoms with van der Waals surface area (Å²) in [6, 6.07) is 10.7. The van der Waals surface area contributed by atoms with E-state index in [1.165, 1.54) is 18.2 Å². The predicted octanol–water partition coefficient (Wildman–Crippen LogP) is 4.44. The first kappa shape index (κ1) is 31.8. The Morgan fingerprint density at radius 2 is 1.80 bits per heavy atom. The highest BCUT2D eigenvalue weighted by Gasteiger charge is 2.34. The number of alkyl halides is 3. The molecule has 0 radical (unpaired) electrons. The molecule has 0 aliphatic heterocycles. The van der Waals surface area contributed by atoms with E-state index in [0.717, 1.165) is 47.9 Å². The maximum absolute atomic E-state index is 13.5. The molecule has 0 bridgehead atoms. The molecular formula is C29H37F3N2O5S. The number of fused-ring (bicyclic) bond motifs is 1. The molecule has 0 fully saturated rings. The summed E-state index contributed by atoms with van der Waals surface area (Å²) in [5, 5.41) is 13.9. The zero-order chi connectivity index (χ0) is 29.7. The molecule has 11 heteroatoms. The lowest BCUT2D eigenvalue weighted by Crippen LogP contribution is -2.47. The third-order valence-electron chi connectivity index (χ3n) is 6.88. The van der Waals surface area contributed by atoms with Crippen molar-refractivity contribution in [2.45, 2.75) is 62.7 Å². The van der Waals surface area contributed by atoms with Crippen molar-refractivity contribution in [3.8, 4) is 0 Å². The van der Waals surface area contributed by atoms with Crippen LogP contribution in [0.5, 0.6) is 0 Å². The molecule has 2 N–H and O–H groups in total. The number of esters is 1. The summed E-state index contributed by atoms with van der Waals surface area (Å²) in [6.45, 7) is 5.48. The molecule has 220 valence electrons. The van der Waals surface area contributed by atoms with E-state index in [-0.39, 0.29) is 30.8 Å². The predicted molar refractivity (Wildman–Crippen MR) is 147 cm³/mol. The van der Waals surface area contributed by atoms with Crippen LogP contribution in [0.4, 0.5) is 13.2 Å². The number of sulfonamides is 1.